The molecule has 0 radical (unpaired) electrons. The highest BCUT2D eigenvalue weighted by molar-refractivity contribution is 6.04. The maximum absolute atomic E-state index is 12.4. The van der Waals surface area contributed by atoms with Crippen molar-refractivity contribution in [3.05, 3.63) is 95.8 Å². The van der Waals surface area contributed by atoms with Gasteiger partial charge >= 0.3 is 6.09 Å². The van der Waals surface area contributed by atoms with Crippen molar-refractivity contribution in [1.82, 2.24) is 10.3 Å². The van der Waals surface area contributed by atoms with E-state index in [9.17, 15) is 9.59 Å². The van der Waals surface area contributed by atoms with E-state index in [1.807, 2.05) is 56.3 Å². The van der Waals surface area contributed by atoms with E-state index in [1.54, 1.807) is 36.7 Å². The molecule has 29 heavy (non-hydrogen) atoms. The molecule has 1 aromatic heterocycles. The predicted molar refractivity (Wildman–Crippen MR) is 111 cm³/mol. The third-order valence-corrected chi connectivity index (χ3v) is 4.43. The Morgan fingerprint density at radius 2 is 1.59 bits per heavy atom. The summed E-state index contributed by atoms with van der Waals surface area (Å²) in [7, 11) is 0. The maximum atomic E-state index is 12.4. The van der Waals surface area contributed by atoms with E-state index in [1.165, 1.54) is 0 Å². The van der Waals surface area contributed by atoms with Crippen molar-refractivity contribution in [2.24, 2.45) is 0 Å². The third kappa shape index (κ3) is 5.65. The van der Waals surface area contributed by atoms with Crippen LogP contribution in [0.1, 0.15) is 35.3 Å². The number of rotatable bonds is 6. The van der Waals surface area contributed by atoms with Crippen LogP contribution >= 0.6 is 0 Å². The van der Waals surface area contributed by atoms with Crippen molar-refractivity contribution < 1.29 is 14.3 Å². The topological polar surface area (TPSA) is 80.3 Å². The summed E-state index contributed by atoms with van der Waals surface area (Å²) >= 11 is 0. The number of nitrogens with one attached hydrogen (secondary N) is 2. The minimum atomic E-state index is -0.659. The zero-order chi connectivity index (χ0) is 20.7. The van der Waals surface area contributed by atoms with Gasteiger partial charge in [0.1, 0.15) is 6.61 Å². The second-order valence-electron chi connectivity index (χ2n) is 7.08. The molecule has 0 bridgehead atoms. The number of aromatic nitrogens is 1. The summed E-state index contributed by atoms with van der Waals surface area (Å²) in [5.74, 6) is -0.212. The summed E-state index contributed by atoms with van der Waals surface area (Å²) in [5.41, 5.74) is 2.32. The van der Waals surface area contributed by atoms with Crippen molar-refractivity contribution in [2.75, 3.05) is 5.32 Å². The standard InChI is InChI=1S/C23H23N3O3/c1-23(2,26-22(28)29-16-17-6-4-3-5-7-17)19-10-8-18(9-11-19)21(27)25-20-12-14-24-15-13-20/h3-15H,16H2,1-2H3,(H,26,28)(H,24,25,27). The molecule has 148 valence electrons. The molecule has 2 amide bonds. The summed E-state index contributed by atoms with van der Waals surface area (Å²) < 4.78 is 5.29. The van der Waals surface area contributed by atoms with Crippen LogP contribution in [-0.4, -0.2) is 17.0 Å². The predicted octanol–water partition coefficient (Wildman–Crippen LogP) is 4.50. The van der Waals surface area contributed by atoms with Crippen molar-refractivity contribution in [3.8, 4) is 0 Å². The van der Waals surface area contributed by atoms with Gasteiger partial charge < -0.3 is 15.4 Å². The molecule has 0 spiro atoms. The molecule has 0 aliphatic heterocycles. The first-order valence-corrected chi connectivity index (χ1v) is 9.25. The number of carbonyl (C=O) groups excluding carboxylic acids is 2. The van der Waals surface area contributed by atoms with Crippen LogP contribution in [0.25, 0.3) is 0 Å². The second kappa shape index (κ2) is 9.01. The van der Waals surface area contributed by atoms with E-state index in [-0.39, 0.29) is 12.5 Å². The Morgan fingerprint density at radius 1 is 0.931 bits per heavy atom. The molecule has 0 aliphatic carbocycles. The third-order valence-electron chi connectivity index (χ3n) is 4.43. The molecule has 0 aliphatic rings. The summed E-state index contributed by atoms with van der Waals surface area (Å²) in [6, 6.07) is 20.0. The van der Waals surface area contributed by atoms with Crippen LogP contribution in [-0.2, 0) is 16.9 Å². The van der Waals surface area contributed by atoms with Crippen LogP contribution in [0, 0.1) is 0 Å². The molecular weight excluding hydrogens is 366 g/mol. The van der Waals surface area contributed by atoms with Crippen LogP contribution in [0.5, 0.6) is 0 Å². The Hall–Kier alpha value is -3.67. The first-order chi connectivity index (χ1) is 13.9. The SMILES string of the molecule is CC(C)(NC(=O)OCc1ccccc1)c1ccc(C(=O)Nc2ccncc2)cc1. The average Bonchev–Trinajstić information content (AvgIpc) is 2.73. The van der Waals surface area contributed by atoms with Gasteiger partial charge in [-0.2, -0.15) is 0 Å². The largest absolute Gasteiger partial charge is 0.445 e. The molecule has 0 unspecified atom stereocenters. The zero-order valence-corrected chi connectivity index (χ0v) is 16.4. The van der Waals surface area contributed by atoms with Gasteiger partial charge in [-0.3, -0.25) is 9.78 Å². The minimum absolute atomic E-state index is 0.205. The molecule has 2 N–H and O–H groups in total. The number of alkyl carbamates (subject to hydrolysis) is 1. The van der Waals surface area contributed by atoms with E-state index in [0.29, 0.717) is 11.3 Å². The molecule has 1 heterocycles. The Kier molecular flexibility index (Phi) is 6.24. The molecule has 2 aromatic carbocycles. The van der Waals surface area contributed by atoms with Gasteiger partial charge in [-0.15, -0.1) is 0 Å². The van der Waals surface area contributed by atoms with Gasteiger partial charge in [0.2, 0.25) is 0 Å². The van der Waals surface area contributed by atoms with E-state index in [4.69, 9.17) is 4.74 Å². The summed E-state index contributed by atoms with van der Waals surface area (Å²) in [6.07, 6.45) is 2.73. The highest BCUT2D eigenvalue weighted by Gasteiger charge is 2.24. The lowest BCUT2D eigenvalue weighted by Gasteiger charge is -2.26. The number of hydrogen-bond acceptors (Lipinski definition) is 4. The van der Waals surface area contributed by atoms with Crippen LogP contribution in [0.3, 0.4) is 0 Å². The molecule has 0 saturated carbocycles. The molecule has 3 aromatic rings. The molecule has 6 heteroatoms. The fraction of sp³-hybridized carbons (Fsp3) is 0.174. The van der Waals surface area contributed by atoms with Gasteiger partial charge in [0.05, 0.1) is 5.54 Å². The van der Waals surface area contributed by atoms with Crippen LogP contribution in [0.4, 0.5) is 10.5 Å². The van der Waals surface area contributed by atoms with Gasteiger partial charge in [-0.05, 0) is 49.2 Å². The zero-order valence-electron chi connectivity index (χ0n) is 16.4. The van der Waals surface area contributed by atoms with E-state index in [0.717, 1.165) is 11.1 Å². The maximum Gasteiger partial charge on any atom is 0.408 e. The van der Waals surface area contributed by atoms with Gasteiger partial charge in [-0.25, -0.2) is 4.79 Å². The number of pyridine rings is 1. The molecule has 3 rings (SSSR count). The Bertz CT molecular complexity index is 956. The normalized spacial score (nSPS) is 10.8. The minimum Gasteiger partial charge on any atom is -0.445 e. The molecule has 0 saturated heterocycles. The average molecular weight is 389 g/mol. The van der Waals surface area contributed by atoms with Gasteiger partial charge in [-0.1, -0.05) is 42.5 Å². The molecule has 0 atom stereocenters. The second-order valence-corrected chi connectivity index (χ2v) is 7.08. The number of nitrogens with zero attached hydrogens (tertiary/aromatic N) is 1. The fourth-order valence-electron chi connectivity index (χ4n) is 2.76. The first kappa shape index (κ1) is 20.1. The summed E-state index contributed by atoms with van der Waals surface area (Å²) in [6.45, 7) is 3.96. The van der Waals surface area contributed by atoms with E-state index in [2.05, 4.69) is 15.6 Å². The van der Waals surface area contributed by atoms with Gasteiger partial charge in [0.15, 0.2) is 0 Å². The molecule has 0 fully saturated rings. The quantitative estimate of drug-likeness (QED) is 0.651. The number of anilines is 1. The van der Waals surface area contributed by atoms with Crippen molar-refractivity contribution in [3.63, 3.8) is 0 Å². The van der Waals surface area contributed by atoms with Crippen molar-refractivity contribution >= 4 is 17.7 Å². The number of carbonyl (C=O) groups is 2. The molecule has 6 nitrogen and oxygen atoms in total. The van der Waals surface area contributed by atoms with Crippen LogP contribution < -0.4 is 10.6 Å². The molecular formula is C23H23N3O3. The van der Waals surface area contributed by atoms with Crippen LogP contribution in [0.2, 0.25) is 0 Å². The highest BCUT2D eigenvalue weighted by atomic mass is 16.5. The van der Waals surface area contributed by atoms with Crippen LogP contribution in [0.15, 0.2) is 79.1 Å². The fourth-order valence-corrected chi connectivity index (χ4v) is 2.76. The lowest BCUT2D eigenvalue weighted by atomic mass is 9.93. The number of hydrogen-bond donors (Lipinski definition) is 2. The number of ether oxygens (including phenoxy) is 1. The number of benzene rings is 2. The first-order valence-electron chi connectivity index (χ1n) is 9.25. The lowest BCUT2D eigenvalue weighted by molar-refractivity contribution is 0.102. The Morgan fingerprint density at radius 3 is 2.24 bits per heavy atom. The van der Waals surface area contributed by atoms with E-state index < -0.39 is 11.6 Å². The summed E-state index contributed by atoms with van der Waals surface area (Å²) in [5, 5.41) is 5.67. The summed E-state index contributed by atoms with van der Waals surface area (Å²) in [4.78, 5) is 28.5. The smallest absolute Gasteiger partial charge is 0.408 e. The van der Waals surface area contributed by atoms with Crippen molar-refractivity contribution in [2.45, 2.75) is 26.0 Å². The van der Waals surface area contributed by atoms with Gasteiger partial charge in [0, 0.05) is 23.6 Å². The Balaban J connectivity index is 1.58. The van der Waals surface area contributed by atoms with Gasteiger partial charge in [0.25, 0.3) is 5.91 Å². The van der Waals surface area contributed by atoms with E-state index >= 15 is 0 Å². The highest BCUT2D eigenvalue weighted by Crippen LogP contribution is 2.21. The Labute approximate surface area is 169 Å². The lowest BCUT2D eigenvalue weighted by Crippen LogP contribution is -2.41. The van der Waals surface area contributed by atoms with Crippen molar-refractivity contribution in [1.29, 1.82) is 0 Å². The number of amides is 2. The monoisotopic (exact) mass is 389 g/mol.